The molecule has 1 aromatic heterocycles. The number of rotatable bonds is 11. The molecule has 176 valence electrons. The third-order valence-electron chi connectivity index (χ3n) is 5.33. The average molecular weight is 465 g/mol. The van der Waals surface area contributed by atoms with E-state index in [0.717, 1.165) is 5.56 Å². The molecule has 1 N–H and O–H groups in total. The van der Waals surface area contributed by atoms with Gasteiger partial charge in [0, 0.05) is 31.5 Å². The number of hydrogen-bond acceptors (Lipinski definition) is 6. The average Bonchev–Trinajstić information content (AvgIpc) is 3.04. The Balaban J connectivity index is 2.46. The number of nitrogens with one attached hydrogen (secondary N) is 1. The van der Waals surface area contributed by atoms with Gasteiger partial charge in [-0.15, -0.1) is 0 Å². The summed E-state index contributed by atoms with van der Waals surface area (Å²) in [4.78, 5) is 28.7. The van der Waals surface area contributed by atoms with Crippen molar-refractivity contribution in [1.29, 1.82) is 0 Å². The number of nitrogens with zero attached hydrogens (tertiary/aromatic N) is 1. The highest BCUT2D eigenvalue weighted by molar-refractivity contribution is 7.89. The van der Waals surface area contributed by atoms with E-state index in [-0.39, 0.29) is 29.5 Å². The molecule has 0 unspecified atom stereocenters. The van der Waals surface area contributed by atoms with Crippen LogP contribution in [0.1, 0.15) is 57.9 Å². The minimum Gasteiger partial charge on any atom is -0.461 e. The van der Waals surface area contributed by atoms with Crippen LogP contribution in [0.4, 0.5) is 0 Å². The van der Waals surface area contributed by atoms with Gasteiger partial charge in [0.2, 0.25) is 10.0 Å². The Bertz CT molecular complexity index is 1060. The lowest BCUT2D eigenvalue weighted by atomic mass is 10.0. The highest BCUT2D eigenvalue weighted by Crippen LogP contribution is 2.25. The third kappa shape index (κ3) is 5.46. The van der Waals surface area contributed by atoms with Gasteiger partial charge in [-0.25, -0.2) is 13.2 Å². The van der Waals surface area contributed by atoms with Crippen molar-refractivity contribution in [3.05, 3.63) is 52.3 Å². The summed E-state index contributed by atoms with van der Waals surface area (Å²) in [5.74, 6) is -0.941. The fraction of sp³-hybridized carbons (Fsp3) is 0.478. The molecule has 0 aliphatic rings. The van der Waals surface area contributed by atoms with Crippen molar-refractivity contribution in [2.24, 2.45) is 0 Å². The van der Waals surface area contributed by atoms with Gasteiger partial charge in [-0.05, 0) is 58.7 Å². The first-order valence-corrected chi connectivity index (χ1v) is 12.0. The quantitative estimate of drug-likeness (QED) is 0.310. The van der Waals surface area contributed by atoms with E-state index < -0.39 is 22.0 Å². The lowest BCUT2D eigenvalue weighted by molar-refractivity contribution is 0.0519. The Kier molecular flexibility index (Phi) is 8.77. The topological polar surface area (TPSA) is 106 Å². The number of carbonyl (C=O) groups is 2. The molecule has 1 aromatic carbocycles. The van der Waals surface area contributed by atoms with E-state index in [2.05, 4.69) is 4.98 Å². The van der Waals surface area contributed by atoms with E-state index >= 15 is 0 Å². The second-order valence-electron chi connectivity index (χ2n) is 7.66. The normalized spacial score (nSPS) is 12.7. The first-order chi connectivity index (χ1) is 15.1. The maximum absolute atomic E-state index is 13.5. The number of hydrogen-bond donors (Lipinski definition) is 1. The number of carbonyl (C=O) groups excluding carboxylic acids is 2. The number of Topliss-reactive ketones (excluding diaryl/α,β-unsaturated/α-hetero) is 1. The molecule has 0 saturated heterocycles. The Hall–Kier alpha value is -2.49. The zero-order valence-electron chi connectivity index (χ0n) is 19.5. The number of sulfonamides is 1. The Morgan fingerprint density at radius 1 is 1.12 bits per heavy atom. The molecule has 2 aromatic rings. The minimum absolute atomic E-state index is 0.115. The Labute approximate surface area is 190 Å². The first-order valence-electron chi connectivity index (χ1n) is 10.5. The molecular formula is C23H32N2O6S. The van der Waals surface area contributed by atoms with Gasteiger partial charge in [0.15, 0.2) is 5.78 Å². The van der Waals surface area contributed by atoms with E-state index in [1.165, 1.54) is 23.5 Å². The van der Waals surface area contributed by atoms with Gasteiger partial charge in [0.05, 0.1) is 17.5 Å². The number of H-pyrrole nitrogens is 1. The predicted octanol–water partition coefficient (Wildman–Crippen LogP) is 3.42. The van der Waals surface area contributed by atoms with Gasteiger partial charge >= 0.3 is 5.97 Å². The summed E-state index contributed by atoms with van der Waals surface area (Å²) in [5.41, 5.74) is 2.38. The van der Waals surface area contributed by atoms with Crippen LogP contribution in [-0.2, 0) is 19.5 Å². The van der Waals surface area contributed by atoms with E-state index in [1.54, 1.807) is 39.8 Å². The molecule has 0 spiro atoms. The van der Waals surface area contributed by atoms with Crippen molar-refractivity contribution >= 4 is 21.8 Å². The third-order valence-corrected chi connectivity index (χ3v) is 7.31. The number of aromatic nitrogens is 1. The van der Waals surface area contributed by atoms with Crippen LogP contribution in [0, 0.1) is 20.8 Å². The first kappa shape index (κ1) is 25.8. The number of ether oxygens (including phenoxy) is 2. The SMILES string of the molecule is CCOC(=O)c1[nH]c(C)c(C(=O)[C@H](C)N(CCCOC)S(=O)(=O)c2ccc(C)cc2)c1C. The fourth-order valence-corrected chi connectivity index (χ4v) is 5.23. The highest BCUT2D eigenvalue weighted by Gasteiger charge is 2.35. The van der Waals surface area contributed by atoms with Crippen LogP contribution in [0.5, 0.6) is 0 Å². The van der Waals surface area contributed by atoms with Crippen LogP contribution < -0.4 is 0 Å². The number of methoxy groups -OCH3 is 1. The van der Waals surface area contributed by atoms with Gasteiger partial charge in [0.25, 0.3) is 0 Å². The summed E-state index contributed by atoms with van der Waals surface area (Å²) in [6, 6.07) is 5.53. The second-order valence-corrected chi connectivity index (χ2v) is 9.55. The van der Waals surface area contributed by atoms with E-state index in [9.17, 15) is 18.0 Å². The number of benzene rings is 1. The lowest BCUT2D eigenvalue weighted by Gasteiger charge is -2.28. The maximum atomic E-state index is 13.5. The van der Waals surface area contributed by atoms with Crippen molar-refractivity contribution in [2.75, 3.05) is 26.9 Å². The summed E-state index contributed by atoms with van der Waals surface area (Å²) in [7, 11) is -2.40. The van der Waals surface area contributed by atoms with Crippen molar-refractivity contribution in [3.8, 4) is 0 Å². The van der Waals surface area contributed by atoms with Crippen molar-refractivity contribution < 1.29 is 27.5 Å². The number of ketones is 1. The summed E-state index contributed by atoms with van der Waals surface area (Å²) in [5, 5.41) is 0. The van der Waals surface area contributed by atoms with Crippen LogP contribution in [-0.4, -0.2) is 62.4 Å². The fourth-order valence-electron chi connectivity index (χ4n) is 3.60. The van der Waals surface area contributed by atoms with Gasteiger partial charge in [0.1, 0.15) is 5.69 Å². The number of esters is 1. The number of aryl methyl sites for hydroxylation is 2. The molecule has 32 heavy (non-hydrogen) atoms. The van der Waals surface area contributed by atoms with Gasteiger partial charge < -0.3 is 14.5 Å². The van der Waals surface area contributed by atoms with Crippen LogP contribution in [0.3, 0.4) is 0 Å². The Morgan fingerprint density at radius 2 is 1.75 bits per heavy atom. The molecule has 0 fully saturated rings. The van der Waals surface area contributed by atoms with E-state index in [0.29, 0.717) is 29.8 Å². The smallest absolute Gasteiger partial charge is 0.355 e. The monoisotopic (exact) mass is 464 g/mol. The van der Waals surface area contributed by atoms with Gasteiger partial charge in [-0.3, -0.25) is 4.79 Å². The van der Waals surface area contributed by atoms with Gasteiger partial charge in [-0.2, -0.15) is 4.31 Å². The molecule has 1 heterocycles. The summed E-state index contributed by atoms with van der Waals surface area (Å²) in [6.07, 6.45) is 0.429. The summed E-state index contributed by atoms with van der Waals surface area (Å²) in [6.45, 7) is 9.15. The lowest BCUT2D eigenvalue weighted by Crippen LogP contribution is -2.44. The standard InChI is InChI=1S/C23H32N2O6S/c1-7-31-23(27)21-16(3)20(17(4)24-21)22(26)18(5)25(13-8-14-30-6)32(28,29)19-11-9-15(2)10-12-19/h9-12,18,24H,7-8,13-14H2,1-6H3/t18-/m0/s1. The van der Waals surface area contributed by atoms with Crippen LogP contribution in [0.25, 0.3) is 0 Å². The van der Waals surface area contributed by atoms with Crippen molar-refractivity contribution in [3.63, 3.8) is 0 Å². The second kappa shape index (κ2) is 10.9. The molecule has 0 amide bonds. The maximum Gasteiger partial charge on any atom is 0.355 e. The zero-order valence-corrected chi connectivity index (χ0v) is 20.3. The van der Waals surface area contributed by atoms with E-state index in [4.69, 9.17) is 9.47 Å². The highest BCUT2D eigenvalue weighted by atomic mass is 32.2. The number of aromatic amines is 1. The molecule has 0 radical (unpaired) electrons. The Morgan fingerprint density at radius 3 is 2.31 bits per heavy atom. The predicted molar refractivity (Wildman–Crippen MR) is 122 cm³/mol. The summed E-state index contributed by atoms with van der Waals surface area (Å²) >= 11 is 0. The van der Waals surface area contributed by atoms with Crippen molar-refractivity contribution in [2.45, 2.75) is 52.0 Å². The largest absolute Gasteiger partial charge is 0.461 e. The minimum atomic E-state index is -3.94. The van der Waals surface area contributed by atoms with E-state index in [1.807, 2.05) is 6.92 Å². The molecule has 2 rings (SSSR count). The van der Waals surface area contributed by atoms with Gasteiger partial charge in [-0.1, -0.05) is 17.7 Å². The molecule has 0 saturated carbocycles. The molecule has 0 aliphatic carbocycles. The molecule has 0 aliphatic heterocycles. The molecule has 8 nitrogen and oxygen atoms in total. The van der Waals surface area contributed by atoms with Crippen LogP contribution in [0.15, 0.2) is 29.2 Å². The molecular weight excluding hydrogens is 432 g/mol. The summed E-state index contributed by atoms with van der Waals surface area (Å²) < 4.78 is 38.2. The van der Waals surface area contributed by atoms with Crippen LogP contribution in [0.2, 0.25) is 0 Å². The zero-order chi connectivity index (χ0) is 24.1. The molecule has 9 heteroatoms. The van der Waals surface area contributed by atoms with Crippen molar-refractivity contribution in [1.82, 2.24) is 9.29 Å². The molecule has 1 atom stereocenters. The van der Waals surface area contributed by atoms with Crippen LogP contribution >= 0.6 is 0 Å². The molecule has 0 bridgehead atoms.